The number of benzene rings is 1. The van der Waals surface area contributed by atoms with E-state index in [4.69, 9.17) is 5.11 Å². The van der Waals surface area contributed by atoms with Gasteiger partial charge in [-0.3, -0.25) is 0 Å². The van der Waals surface area contributed by atoms with E-state index in [9.17, 15) is 18.3 Å². The van der Waals surface area contributed by atoms with E-state index in [1.807, 2.05) is 0 Å². The topological polar surface area (TPSA) is 154 Å². The molecule has 0 unspecified atom stereocenters. The largest absolute Gasteiger partial charge is 0.395 e. The highest BCUT2D eigenvalue weighted by Gasteiger charge is 2.19. The summed E-state index contributed by atoms with van der Waals surface area (Å²) in [6.45, 7) is 1.18. The number of sulfone groups is 1. The smallest absolute Gasteiger partial charge is 0.319 e. The Bertz CT molecular complexity index is 1030. The van der Waals surface area contributed by atoms with Gasteiger partial charge in [-0.25, -0.2) is 23.2 Å². The van der Waals surface area contributed by atoms with Gasteiger partial charge in [0.05, 0.1) is 30.4 Å². The van der Waals surface area contributed by atoms with Crippen molar-refractivity contribution >= 4 is 27.4 Å². The SMILES string of the molecule is C[C@@H](CO)Nc1cc(CS(=O)(=O)CCO)nc(-c2ccc(NC(=O)NC3CCC3)cc2)n1. The van der Waals surface area contributed by atoms with Crippen molar-refractivity contribution in [2.24, 2.45) is 0 Å². The van der Waals surface area contributed by atoms with E-state index in [1.54, 1.807) is 31.2 Å². The number of aliphatic hydroxyl groups is 2. The molecule has 1 heterocycles. The van der Waals surface area contributed by atoms with Gasteiger partial charge in [-0.2, -0.15) is 0 Å². The molecule has 1 aliphatic rings. The molecule has 1 fully saturated rings. The van der Waals surface area contributed by atoms with Crippen molar-refractivity contribution in [2.75, 3.05) is 29.6 Å². The Balaban J connectivity index is 1.80. The zero-order chi connectivity index (χ0) is 23.1. The van der Waals surface area contributed by atoms with Gasteiger partial charge in [-0.1, -0.05) is 0 Å². The molecule has 10 nitrogen and oxygen atoms in total. The summed E-state index contributed by atoms with van der Waals surface area (Å²) in [7, 11) is -3.53. The fourth-order valence-electron chi connectivity index (χ4n) is 3.12. The first kappa shape index (κ1) is 23.9. The van der Waals surface area contributed by atoms with Crippen molar-refractivity contribution < 1.29 is 23.4 Å². The summed E-state index contributed by atoms with van der Waals surface area (Å²) in [5.74, 6) is -0.00913. The van der Waals surface area contributed by atoms with E-state index in [0.717, 1.165) is 19.3 Å². The highest BCUT2D eigenvalue weighted by molar-refractivity contribution is 7.90. The fraction of sp³-hybridized carbons (Fsp3) is 0.476. The maximum atomic E-state index is 12.2. The zero-order valence-electron chi connectivity index (χ0n) is 17.9. The molecule has 0 bridgehead atoms. The monoisotopic (exact) mass is 463 g/mol. The van der Waals surface area contributed by atoms with Gasteiger partial charge >= 0.3 is 6.03 Å². The van der Waals surface area contributed by atoms with Gasteiger partial charge < -0.3 is 26.2 Å². The summed E-state index contributed by atoms with van der Waals surface area (Å²) in [6.07, 6.45) is 3.13. The normalized spacial score (nSPS) is 15.0. The number of hydrogen-bond donors (Lipinski definition) is 5. The number of nitrogens with one attached hydrogen (secondary N) is 3. The second-order valence-corrected chi connectivity index (χ2v) is 10.1. The Labute approximate surface area is 187 Å². The summed E-state index contributed by atoms with van der Waals surface area (Å²) in [5, 5.41) is 27.0. The maximum absolute atomic E-state index is 12.2. The molecule has 174 valence electrons. The van der Waals surface area contributed by atoms with Crippen LogP contribution in [0.5, 0.6) is 0 Å². The summed E-state index contributed by atoms with van der Waals surface area (Å²) < 4.78 is 24.3. The molecule has 1 saturated carbocycles. The zero-order valence-corrected chi connectivity index (χ0v) is 18.7. The lowest BCUT2D eigenvalue weighted by Crippen LogP contribution is -2.41. The summed E-state index contributed by atoms with van der Waals surface area (Å²) >= 11 is 0. The quantitative estimate of drug-likeness (QED) is 0.355. The van der Waals surface area contributed by atoms with Crippen LogP contribution < -0.4 is 16.0 Å². The number of aromatic nitrogens is 2. The molecule has 1 aromatic carbocycles. The van der Waals surface area contributed by atoms with E-state index in [1.165, 1.54) is 6.07 Å². The first-order valence-corrected chi connectivity index (χ1v) is 12.3. The van der Waals surface area contributed by atoms with E-state index in [0.29, 0.717) is 22.9 Å². The van der Waals surface area contributed by atoms with Crippen LogP contribution in [0.3, 0.4) is 0 Å². The molecule has 0 radical (unpaired) electrons. The molecule has 1 atom stereocenters. The Kier molecular flexibility index (Phi) is 7.99. The molecule has 2 aromatic rings. The van der Waals surface area contributed by atoms with Crippen LogP contribution in [-0.4, -0.2) is 65.7 Å². The molecule has 0 saturated heterocycles. The van der Waals surface area contributed by atoms with E-state index in [2.05, 4.69) is 25.9 Å². The molecular formula is C21H29N5O5S. The highest BCUT2D eigenvalue weighted by Crippen LogP contribution is 2.22. The number of anilines is 2. The molecule has 0 aliphatic heterocycles. The Morgan fingerprint density at radius 1 is 1.19 bits per heavy atom. The van der Waals surface area contributed by atoms with Crippen LogP contribution in [0.4, 0.5) is 16.3 Å². The lowest BCUT2D eigenvalue weighted by molar-refractivity contribution is 0.240. The second-order valence-electron chi connectivity index (χ2n) is 7.92. The fourth-order valence-corrected chi connectivity index (χ4v) is 4.14. The van der Waals surface area contributed by atoms with E-state index in [-0.39, 0.29) is 41.9 Å². The van der Waals surface area contributed by atoms with Crippen LogP contribution in [0.15, 0.2) is 30.3 Å². The third-order valence-electron chi connectivity index (χ3n) is 5.06. The summed E-state index contributed by atoms with van der Waals surface area (Å²) in [4.78, 5) is 20.8. The maximum Gasteiger partial charge on any atom is 0.319 e. The minimum atomic E-state index is -3.53. The Hall–Kier alpha value is -2.76. The van der Waals surface area contributed by atoms with E-state index >= 15 is 0 Å². The third-order valence-corrected chi connectivity index (χ3v) is 6.60. The minimum Gasteiger partial charge on any atom is -0.395 e. The predicted molar refractivity (Wildman–Crippen MR) is 122 cm³/mol. The molecule has 0 spiro atoms. The van der Waals surface area contributed by atoms with Crippen molar-refractivity contribution in [1.82, 2.24) is 15.3 Å². The minimum absolute atomic E-state index is 0.124. The number of rotatable bonds is 10. The number of hydrogen-bond acceptors (Lipinski definition) is 8. The summed E-state index contributed by atoms with van der Waals surface area (Å²) in [5.41, 5.74) is 1.52. The van der Waals surface area contributed by atoms with Crippen molar-refractivity contribution in [1.29, 1.82) is 0 Å². The van der Waals surface area contributed by atoms with Crippen molar-refractivity contribution in [3.8, 4) is 11.4 Å². The molecule has 32 heavy (non-hydrogen) atoms. The van der Waals surface area contributed by atoms with Gasteiger partial charge in [0.25, 0.3) is 0 Å². The van der Waals surface area contributed by atoms with Crippen molar-refractivity contribution in [2.45, 2.75) is 44.0 Å². The van der Waals surface area contributed by atoms with Crippen LogP contribution in [0.1, 0.15) is 31.9 Å². The molecule has 1 aliphatic carbocycles. The number of nitrogens with zero attached hydrogens (tertiary/aromatic N) is 2. The first-order chi connectivity index (χ1) is 15.3. The van der Waals surface area contributed by atoms with Gasteiger partial charge in [-0.05, 0) is 50.5 Å². The third kappa shape index (κ3) is 6.87. The van der Waals surface area contributed by atoms with Gasteiger partial charge in [0, 0.05) is 29.4 Å². The van der Waals surface area contributed by atoms with E-state index < -0.39 is 16.4 Å². The van der Waals surface area contributed by atoms with Gasteiger partial charge in [0.1, 0.15) is 5.82 Å². The van der Waals surface area contributed by atoms with Crippen LogP contribution in [-0.2, 0) is 15.6 Å². The van der Waals surface area contributed by atoms with Gasteiger partial charge in [-0.15, -0.1) is 0 Å². The molecule has 1 aromatic heterocycles. The molecular weight excluding hydrogens is 434 g/mol. The number of carbonyl (C=O) groups excluding carboxylic acids is 1. The first-order valence-electron chi connectivity index (χ1n) is 10.5. The number of urea groups is 1. The standard InChI is InChI=1S/C21H29N5O5S/c1-14(12-28)22-19-11-18(13-32(30,31)10-9-27)23-20(26-19)15-5-7-17(8-6-15)25-21(29)24-16-3-2-4-16/h5-8,11,14,16,27-28H,2-4,9-10,12-13H2,1H3,(H,22,23,26)(H2,24,25,29)/t14-/m0/s1. The average Bonchev–Trinajstić information content (AvgIpc) is 2.70. The van der Waals surface area contributed by atoms with Crippen LogP contribution in [0.2, 0.25) is 0 Å². The molecule has 2 amide bonds. The predicted octanol–water partition coefficient (Wildman–Crippen LogP) is 1.52. The average molecular weight is 464 g/mol. The summed E-state index contributed by atoms with van der Waals surface area (Å²) in [6, 6.07) is 8.12. The van der Waals surface area contributed by atoms with Crippen LogP contribution in [0.25, 0.3) is 11.4 Å². The Morgan fingerprint density at radius 3 is 2.50 bits per heavy atom. The highest BCUT2D eigenvalue weighted by atomic mass is 32.2. The second kappa shape index (κ2) is 10.7. The Morgan fingerprint density at radius 2 is 1.91 bits per heavy atom. The van der Waals surface area contributed by atoms with Crippen molar-refractivity contribution in [3.63, 3.8) is 0 Å². The van der Waals surface area contributed by atoms with Gasteiger partial charge in [0.15, 0.2) is 15.7 Å². The lowest BCUT2D eigenvalue weighted by atomic mass is 9.93. The van der Waals surface area contributed by atoms with Crippen LogP contribution >= 0.6 is 0 Å². The number of amides is 2. The van der Waals surface area contributed by atoms with Crippen molar-refractivity contribution in [3.05, 3.63) is 36.0 Å². The lowest BCUT2D eigenvalue weighted by Gasteiger charge is -2.26. The number of carbonyl (C=O) groups is 1. The molecule has 5 N–H and O–H groups in total. The van der Waals surface area contributed by atoms with Crippen LogP contribution in [0, 0.1) is 0 Å². The van der Waals surface area contributed by atoms with Gasteiger partial charge in [0.2, 0.25) is 0 Å². The number of aliphatic hydroxyl groups excluding tert-OH is 2. The molecule has 3 rings (SSSR count). The molecule has 11 heteroatoms.